The molecule has 0 unspecified atom stereocenters. The van der Waals surface area contributed by atoms with Crippen LogP contribution in [0.25, 0.3) is 0 Å². The van der Waals surface area contributed by atoms with Crippen LogP contribution in [0.15, 0.2) is 30.3 Å². The molecule has 0 amide bonds. The maximum absolute atomic E-state index is 2.38. The lowest BCUT2D eigenvalue weighted by Gasteiger charge is -2.33. The fourth-order valence-electron chi connectivity index (χ4n) is 2.19. The lowest BCUT2D eigenvalue weighted by Crippen LogP contribution is -3.08. The zero-order chi connectivity index (χ0) is 10.0. The minimum Gasteiger partial charge on any atom is -1.00 e. The Kier molecular flexibility index (Phi) is 4.59. The summed E-state index contributed by atoms with van der Waals surface area (Å²) in [5.74, 6) is 0. The molecular weight excluding hydrogens is 297 g/mol. The standard InChI is InChI=1S/C13H19N.HI/c1-13(2)8-10-14(11-9-13)12-6-4-3-5-7-12;/h3-7H,8-11H2,1-2H3;1H. The van der Waals surface area contributed by atoms with Gasteiger partial charge in [-0.05, 0) is 17.5 Å². The molecule has 2 heteroatoms. The molecular formula is C13H20IN. The maximum atomic E-state index is 2.38. The summed E-state index contributed by atoms with van der Waals surface area (Å²) in [6, 6.07) is 10.9. The molecule has 0 aromatic heterocycles. The highest BCUT2D eigenvalue weighted by Crippen LogP contribution is 2.25. The summed E-state index contributed by atoms with van der Waals surface area (Å²) < 4.78 is 0. The zero-order valence-corrected chi connectivity index (χ0v) is 11.8. The van der Waals surface area contributed by atoms with Gasteiger partial charge in [0, 0.05) is 12.8 Å². The Morgan fingerprint density at radius 3 is 2.07 bits per heavy atom. The molecule has 1 aromatic rings. The quantitative estimate of drug-likeness (QED) is 0.636. The summed E-state index contributed by atoms with van der Waals surface area (Å²) in [7, 11) is 0. The number of para-hydroxylation sites is 1. The van der Waals surface area contributed by atoms with Crippen LogP contribution < -0.4 is 28.9 Å². The van der Waals surface area contributed by atoms with Crippen LogP contribution in [-0.4, -0.2) is 13.1 Å². The predicted molar refractivity (Wildman–Crippen MR) is 59.8 cm³/mol. The second-order valence-electron chi connectivity index (χ2n) is 5.13. The van der Waals surface area contributed by atoms with Gasteiger partial charge in [-0.25, -0.2) is 0 Å². The average molecular weight is 317 g/mol. The van der Waals surface area contributed by atoms with E-state index in [1.54, 1.807) is 4.90 Å². The van der Waals surface area contributed by atoms with Gasteiger partial charge in [-0.15, -0.1) is 0 Å². The van der Waals surface area contributed by atoms with E-state index in [9.17, 15) is 0 Å². The summed E-state index contributed by atoms with van der Waals surface area (Å²) in [6.07, 6.45) is 2.69. The van der Waals surface area contributed by atoms with E-state index in [0.717, 1.165) is 0 Å². The van der Waals surface area contributed by atoms with Crippen LogP contribution in [0.1, 0.15) is 26.7 Å². The number of piperidine rings is 1. The molecule has 15 heavy (non-hydrogen) atoms. The van der Waals surface area contributed by atoms with Gasteiger partial charge >= 0.3 is 0 Å². The number of quaternary nitrogens is 1. The van der Waals surface area contributed by atoms with E-state index in [4.69, 9.17) is 0 Å². The van der Waals surface area contributed by atoms with Gasteiger partial charge in [-0.1, -0.05) is 32.0 Å². The van der Waals surface area contributed by atoms with Gasteiger partial charge < -0.3 is 28.9 Å². The fourth-order valence-corrected chi connectivity index (χ4v) is 2.19. The number of rotatable bonds is 1. The Hall–Kier alpha value is -0.0900. The Morgan fingerprint density at radius 1 is 1.00 bits per heavy atom. The molecule has 2 rings (SSSR count). The molecule has 0 saturated carbocycles. The summed E-state index contributed by atoms with van der Waals surface area (Å²) in [5, 5.41) is 0. The number of hydrogen-bond donors (Lipinski definition) is 1. The molecule has 1 nitrogen and oxygen atoms in total. The van der Waals surface area contributed by atoms with Crippen LogP contribution in [0.3, 0.4) is 0 Å². The van der Waals surface area contributed by atoms with Crippen molar-refractivity contribution >= 4 is 5.69 Å². The smallest absolute Gasteiger partial charge is 0.131 e. The normalized spacial score (nSPS) is 20.7. The van der Waals surface area contributed by atoms with Crippen LogP contribution in [0.4, 0.5) is 5.69 Å². The molecule has 1 aliphatic rings. The van der Waals surface area contributed by atoms with Crippen LogP contribution in [0, 0.1) is 5.41 Å². The molecule has 0 bridgehead atoms. The molecule has 0 spiro atoms. The minimum atomic E-state index is 0. The van der Waals surface area contributed by atoms with Gasteiger partial charge in [0.25, 0.3) is 0 Å². The Labute approximate surface area is 110 Å². The minimum absolute atomic E-state index is 0. The molecule has 0 aliphatic carbocycles. The third kappa shape index (κ3) is 3.45. The fraction of sp³-hybridized carbons (Fsp3) is 0.538. The van der Waals surface area contributed by atoms with E-state index < -0.39 is 0 Å². The van der Waals surface area contributed by atoms with Crippen LogP contribution >= 0.6 is 0 Å². The maximum Gasteiger partial charge on any atom is 0.131 e. The SMILES string of the molecule is CC1(C)CC[NH+](c2ccccc2)CC1.[I-]. The first-order valence-electron chi connectivity index (χ1n) is 5.57. The third-order valence-corrected chi connectivity index (χ3v) is 3.39. The van der Waals surface area contributed by atoms with Gasteiger partial charge in [0.15, 0.2) is 0 Å². The Balaban J connectivity index is 0.00000112. The molecule has 1 fully saturated rings. The number of benzene rings is 1. The van der Waals surface area contributed by atoms with Crippen molar-refractivity contribution in [2.75, 3.05) is 13.1 Å². The van der Waals surface area contributed by atoms with Gasteiger partial charge in [0.05, 0.1) is 13.1 Å². The van der Waals surface area contributed by atoms with Crippen molar-refractivity contribution in [3.05, 3.63) is 30.3 Å². The van der Waals surface area contributed by atoms with Crippen molar-refractivity contribution in [3.63, 3.8) is 0 Å². The van der Waals surface area contributed by atoms with Crippen molar-refractivity contribution in [1.82, 2.24) is 0 Å². The lowest BCUT2D eigenvalue weighted by atomic mass is 9.82. The van der Waals surface area contributed by atoms with Crippen molar-refractivity contribution in [1.29, 1.82) is 0 Å². The van der Waals surface area contributed by atoms with E-state index >= 15 is 0 Å². The summed E-state index contributed by atoms with van der Waals surface area (Å²) in [4.78, 5) is 1.66. The van der Waals surface area contributed by atoms with Gasteiger partial charge in [-0.2, -0.15) is 0 Å². The highest BCUT2D eigenvalue weighted by atomic mass is 127. The van der Waals surface area contributed by atoms with Gasteiger partial charge in [0.1, 0.15) is 5.69 Å². The highest BCUT2D eigenvalue weighted by molar-refractivity contribution is 5.27. The number of hydrogen-bond acceptors (Lipinski definition) is 0. The average Bonchev–Trinajstić information content (AvgIpc) is 2.19. The molecule has 1 N–H and O–H groups in total. The number of halogens is 1. The molecule has 0 radical (unpaired) electrons. The first kappa shape index (κ1) is 13.0. The monoisotopic (exact) mass is 317 g/mol. The number of nitrogens with one attached hydrogen (secondary N) is 1. The van der Waals surface area contributed by atoms with Crippen LogP contribution in [0.5, 0.6) is 0 Å². The lowest BCUT2D eigenvalue weighted by molar-refractivity contribution is -0.841. The van der Waals surface area contributed by atoms with Crippen LogP contribution in [0.2, 0.25) is 0 Å². The molecule has 84 valence electrons. The second kappa shape index (κ2) is 5.30. The van der Waals surface area contributed by atoms with E-state index in [1.165, 1.54) is 31.6 Å². The van der Waals surface area contributed by atoms with Crippen molar-refractivity contribution in [2.45, 2.75) is 26.7 Å². The molecule has 0 atom stereocenters. The highest BCUT2D eigenvalue weighted by Gasteiger charge is 2.28. The topological polar surface area (TPSA) is 4.44 Å². The van der Waals surface area contributed by atoms with Crippen molar-refractivity contribution in [2.24, 2.45) is 5.41 Å². The first-order chi connectivity index (χ1) is 6.67. The van der Waals surface area contributed by atoms with Gasteiger partial charge in [-0.3, -0.25) is 0 Å². The first-order valence-corrected chi connectivity index (χ1v) is 5.57. The van der Waals surface area contributed by atoms with E-state index in [0.29, 0.717) is 5.41 Å². The second-order valence-corrected chi connectivity index (χ2v) is 5.13. The Morgan fingerprint density at radius 2 is 1.53 bits per heavy atom. The van der Waals surface area contributed by atoms with Crippen LogP contribution in [-0.2, 0) is 0 Å². The summed E-state index contributed by atoms with van der Waals surface area (Å²) in [5.41, 5.74) is 2.03. The van der Waals surface area contributed by atoms with E-state index in [1.807, 2.05) is 0 Å². The Bertz CT molecular complexity index is 285. The molecule has 1 aliphatic heterocycles. The molecule has 1 heterocycles. The predicted octanol–water partition coefficient (Wildman–Crippen LogP) is -0.973. The largest absolute Gasteiger partial charge is 1.00 e. The van der Waals surface area contributed by atoms with Crippen molar-refractivity contribution < 1.29 is 28.9 Å². The van der Waals surface area contributed by atoms with Gasteiger partial charge in [0.2, 0.25) is 0 Å². The summed E-state index contributed by atoms with van der Waals surface area (Å²) in [6.45, 7) is 7.34. The molecule has 1 saturated heterocycles. The summed E-state index contributed by atoms with van der Waals surface area (Å²) >= 11 is 0. The van der Waals surface area contributed by atoms with Crippen molar-refractivity contribution in [3.8, 4) is 0 Å². The third-order valence-electron chi connectivity index (χ3n) is 3.39. The molecule has 1 aromatic carbocycles. The van der Waals surface area contributed by atoms with E-state index in [-0.39, 0.29) is 24.0 Å². The van der Waals surface area contributed by atoms with E-state index in [2.05, 4.69) is 44.2 Å². The zero-order valence-electron chi connectivity index (χ0n) is 9.59.